The predicted octanol–water partition coefficient (Wildman–Crippen LogP) is 2.84. The molecule has 0 saturated carbocycles. The minimum absolute atomic E-state index is 0.0738. The maximum Gasteiger partial charge on any atom is 0.123 e. The SMILES string of the molecule is CCc1cccnc1C(Cc1ccc(F)cc1C)NN. The number of nitrogens with two attached hydrogens (primary N) is 1. The van der Waals surface area contributed by atoms with Gasteiger partial charge < -0.3 is 0 Å². The molecule has 0 amide bonds. The summed E-state index contributed by atoms with van der Waals surface area (Å²) in [5, 5.41) is 0. The van der Waals surface area contributed by atoms with Crippen LogP contribution in [0, 0.1) is 12.7 Å². The topological polar surface area (TPSA) is 50.9 Å². The van der Waals surface area contributed by atoms with Gasteiger partial charge in [-0.1, -0.05) is 19.1 Å². The van der Waals surface area contributed by atoms with Crippen LogP contribution in [0.5, 0.6) is 0 Å². The van der Waals surface area contributed by atoms with Gasteiger partial charge in [0.1, 0.15) is 5.82 Å². The first-order valence-corrected chi connectivity index (χ1v) is 6.80. The molecule has 3 N–H and O–H groups in total. The van der Waals surface area contributed by atoms with E-state index in [1.807, 2.05) is 19.1 Å². The van der Waals surface area contributed by atoms with Crippen molar-refractivity contribution in [1.82, 2.24) is 10.4 Å². The molecule has 1 aromatic heterocycles. The lowest BCUT2D eigenvalue weighted by Gasteiger charge is -2.19. The van der Waals surface area contributed by atoms with Gasteiger partial charge in [-0.3, -0.25) is 16.3 Å². The first-order valence-electron chi connectivity index (χ1n) is 6.80. The maximum atomic E-state index is 13.2. The van der Waals surface area contributed by atoms with Crippen molar-refractivity contribution in [3.63, 3.8) is 0 Å². The summed E-state index contributed by atoms with van der Waals surface area (Å²) < 4.78 is 13.2. The van der Waals surface area contributed by atoms with Gasteiger partial charge in [-0.05, 0) is 54.7 Å². The van der Waals surface area contributed by atoms with Crippen LogP contribution in [0.4, 0.5) is 4.39 Å². The summed E-state index contributed by atoms with van der Waals surface area (Å²) in [7, 11) is 0. The number of halogens is 1. The van der Waals surface area contributed by atoms with E-state index >= 15 is 0 Å². The molecule has 1 heterocycles. The quantitative estimate of drug-likeness (QED) is 0.650. The normalized spacial score (nSPS) is 12.4. The van der Waals surface area contributed by atoms with Crippen LogP contribution >= 0.6 is 0 Å². The van der Waals surface area contributed by atoms with Gasteiger partial charge in [0.2, 0.25) is 0 Å². The van der Waals surface area contributed by atoms with Gasteiger partial charge in [0, 0.05) is 6.20 Å². The van der Waals surface area contributed by atoms with E-state index in [4.69, 9.17) is 5.84 Å². The Morgan fingerprint density at radius 3 is 2.75 bits per heavy atom. The third kappa shape index (κ3) is 3.21. The Morgan fingerprint density at radius 2 is 2.10 bits per heavy atom. The van der Waals surface area contributed by atoms with Crippen LogP contribution in [-0.2, 0) is 12.8 Å². The van der Waals surface area contributed by atoms with E-state index in [9.17, 15) is 4.39 Å². The fourth-order valence-corrected chi connectivity index (χ4v) is 2.41. The van der Waals surface area contributed by atoms with Crippen LogP contribution in [0.25, 0.3) is 0 Å². The highest BCUT2D eigenvalue weighted by Gasteiger charge is 2.16. The van der Waals surface area contributed by atoms with Crippen LogP contribution in [0.15, 0.2) is 36.5 Å². The van der Waals surface area contributed by atoms with E-state index in [-0.39, 0.29) is 11.9 Å². The molecule has 2 aromatic rings. The number of rotatable bonds is 5. The molecule has 106 valence electrons. The summed E-state index contributed by atoms with van der Waals surface area (Å²) in [5.74, 6) is 5.48. The summed E-state index contributed by atoms with van der Waals surface area (Å²) >= 11 is 0. The predicted molar refractivity (Wildman–Crippen MR) is 78.5 cm³/mol. The molecule has 0 fully saturated rings. The van der Waals surface area contributed by atoms with Crippen LogP contribution in [0.3, 0.4) is 0 Å². The molecule has 0 aliphatic carbocycles. The molecule has 0 aliphatic rings. The summed E-state index contributed by atoms with van der Waals surface area (Å²) in [4.78, 5) is 4.45. The lowest BCUT2D eigenvalue weighted by atomic mass is 9.96. The summed E-state index contributed by atoms with van der Waals surface area (Å²) in [5.41, 5.74) is 6.96. The number of hydrogen-bond donors (Lipinski definition) is 2. The minimum atomic E-state index is -0.212. The second-order valence-corrected chi connectivity index (χ2v) is 4.90. The molecule has 0 bridgehead atoms. The largest absolute Gasteiger partial charge is 0.271 e. The highest BCUT2D eigenvalue weighted by molar-refractivity contribution is 5.30. The number of nitrogens with one attached hydrogen (secondary N) is 1. The molecular formula is C16H20FN3. The third-order valence-electron chi connectivity index (χ3n) is 3.57. The molecule has 0 spiro atoms. The molecule has 1 aromatic carbocycles. The number of nitrogens with zero attached hydrogens (tertiary/aromatic N) is 1. The number of pyridine rings is 1. The number of aryl methyl sites for hydroxylation is 2. The summed E-state index contributed by atoms with van der Waals surface area (Å²) in [6.07, 6.45) is 3.37. The van der Waals surface area contributed by atoms with Gasteiger partial charge in [0.25, 0.3) is 0 Å². The Bertz CT molecular complexity index is 584. The molecule has 0 saturated heterocycles. The molecule has 3 nitrogen and oxygen atoms in total. The monoisotopic (exact) mass is 273 g/mol. The second-order valence-electron chi connectivity index (χ2n) is 4.90. The molecule has 2 rings (SSSR count). The van der Waals surface area contributed by atoms with Gasteiger partial charge in [0.15, 0.2) is 0 Å². The number of benzene rings is 1. The van der Waals surface area contributed by atoms with E-state index in [1.165, 1.54) is 11.6 Å². The van der Waals surface area contributed by atoms with Crippen LogP contribution < -0.4 is 11.3 Å². The fraction of sp³-hybridized carbons (Fsp3) is 0.312. The van der Waals surface area contributed by atoms with Crippen molar-refractivity contribution in [3.05, 3.63) is 64.7 Å². The Morgan fingerprint density at radius 1 is 1.30 bits per heavy atom. The van der Waals surface area contributed by atoms with Crippen molar-refractivity contribution in [2.24, 2.45) is 5.84 Å². The molecule has 1 atom stereocenters. The molecular weight excluding hydrogens is 253 g/mol. The first kappa shape index (κ1) is 14.6. The maximum absolute atomic E-state index is 13.2. The molecule has 0 radical (unpaired) electrons. The van der Waals surface area contributed by atoms with E-state index in [0.717, 1.165) is 23.2 Å². The zero-order valence-corrected chi connectivity index (χ0v) is 11.9. The number of hydrogen-bond acceptors (Lipinski definition) is 3. The molecule has 20 heavy (non-hydrogen) atoms. The van der Waals surface area contributed by atoms with Crippen LogP contribution in [0.1, 0.15) is 35.3 Å². The lowest BCUT2D eigenvalue weighted by molar-refractivity contribution is 0.531. The van der Waals surface area contributed by atoms with Crippen molar-refractivity contribution in [2.45, 2.75) is 32.7 Å². The average molecular weight is 273 g/mol. The van der Waals surface area contributed by atoms with Crippen molar-refractivity contribution in [1.29, 1.82) is 0 Å². The third-order valence-corrected chi connectivity index (χ3v) is 3.57. The van der Waals surface area contributed by atoms with E-state index in [0.29, 0.717) is 6.42 Å². The fourth-order valence-electron chi connectivity index (χ4n) is 2.41. The molecule has 0 aliphatic heterocycles. The number of aromatic nitrogens is 1. The van der Waals surface area contributed by atoms with Gasteiger partial charge in [0.05, 0.1) is 11.7 Å². The second kappa shape index (κ2) is 6.59. The van der Waals surface area contributed by atoms with Crippen molar-refractivity contribution >= 4 is 0 Å². The van der Waals surface area contributed by atoms with Crippen LogP contribution in [0.2, 0.25) is 0 Å². The standard InChI is InChI=1S/C16H20FN3/c1-3-12-5-4-8-19-16(12)15(20-18)10-13-6-7-14(17)9-11(13)2/h4-9,15,20H,3,10,18H2,1-2H3. The van der Waals surface area contributed by atoms with E-state index in [2.05, 4.69) is 23.4 Å². The zero-order valence-electron chi connectivity index (χ0n) is 11.9. The average Bonchev–Trinajstić information content (AvgIpc) is 2.46. The Hall–Kier alpha value is -1.78. The Kier molecular flexibility index (Phi) is 4.82. The highest BCUT2D eigenvalue weighted by atomic mass is 19.1. The lowest BCUT2D eigenvalue weighted by Crippen LogP contribution is -2.31. The minimum Gasteiger partial charge on any atom is -0.271 e. The highest BCUT2D eigenvalue weighted by Crippen LogP contribution is 2.22. The summed E-state index contributed by atoms with van der Waals surface area (Å²) in [6, 6.07) is 8.75. The van der Waals surface area contributed by atoms with Gasteiger partial charge in [-0.25, -0.2) is 4.39 Å². The Labute approximate surface area is 119 Å². The number of hydrazine groups is 1. The smallest absolute Gasteiger partial charge is 0.123 e. The van der Waals surface area contributed by atoms with E-state index < -0.39 is 0 Å². The summed E-state index contributed by atoms with van der Waals surface area (Å²) in [6.45, 7) is 4.00. The van der Waals surface area contributed by atoms with Crippen molar-refractivity contribution in [2.75, 3.05) is 0 Å². The first-order chi connectivity index (χ1) is 9.65. The van der Waals surface area contributed by atoms with Crippen molar-refractivity contribution < 1.29 is 4.39 Å². The van der Waals surface area contributed by atoms with Gasteiger partial charge in [-0.15, -0.1) is 0 Å². The molecule has 4 heteroatoms. The van der Waals surface area contributed by atoms with Gasteiger partial charge >= 0.3 is 0 Å². The molecule has 1 unspecified atom stereocenters. The van der Waals surface area contributed by atoms with Crippen molar-refractivity contribution in [3.8, 4) is 0 Å². The Balaban J connectivity index is 2.29. The van der Waals surface area contributed by atoms with Gasteiger partial charge in [-0.2, -0.15) is 0 Å². The zero-order chi connectivity index (χ0) is 14.5. The van der Waals surface area contributed by atoms with E-state index in [1.54, 1.807) is 12.3 Å². The van der Waals surface area contributed by atoms with Crippen LogP contribution in [-0.4, -0.2) is 4.98 Å².